The SMILES string of the molecule is COCCCN(Cc1cccn1Cc1cccc(C(F)(F)F)c1)C(=O)Nc1ccc(Cl)cc1Cl. The van der Waals surface area contributed by atoms with E-state index in [0.717, 1.165) is 17.8 Å². The van der Waals surface area contributed by atoms with Gasteiger partial charge in [-0.3, -0.25) is 0 Å². The first kappa shape index (κ1) is 25.9. The van der Waals surface area contributed by atoms with Crippen molar-refractivity contribution in [1.82, 2.24) is 9.47 Å². The highest BCUT2D eigenvalue weighted by molar-refractivity contribution is 6.36. The van der Waals surface area contributed by atoms with Gasteiger partial charge in [0.25, 0.3) is 0 Å². The smallest absolute Gasteiger partial charge is 0.385 e. The van der Waals surface area contributed by atoms with E-state index in [9.17, 15) is 18.0 Å². The van der Waals surface area contributed by atoms with Crippen LogP contribution in [0.2, 0.25) is 10.0 Å². The number of carbonyl (C=O) groups excluding carboxylic acids is 1. The van der Waals surface area contributed by atoms with E-state index in [1.807, 2.05) is 10.6 Å². The highest BCUT2D eigenvalue weighted by Crippen LogP contribution is 2.30. The average Bonchev–Trinajstić information content (AvgIpc) is 3.21. The minimum Gasteiger partial charge on any atom is -0.385 e. The standard InChI is InChI=1S/C24H24Cl2F3N3O2/c1-34-12-4-11-32(23(33)30-22-9-8-19(25)14-21(22)26)16-20-7-3-10-31(20)15-17-5-2-6-18(13-17)24(27,28)29/h2-3,5-10,13-14H,4,11-12,15-16H2,1H3,(H,30,33). The molecule has 182 valence electrons. The van der Waals surface area contributed by atoms with Gasteiger partial charge >= 0.3 is 12.2 Å². The highest BCUT2D eigenvalue weighted by atomic mass is 35.5. The summed E-state index contributed by atoms with van der Waals surface area (Å²) < 4.78 is 46.2. The van der Waals surface area contributed by atoms with E-state index in [-0.39, 0.29) is 19.1 Å². The van der Waals surface area contributed by atoms with Gasteiger partial charge in [-0.25, -0.2) is 4.79 Å². The molecule has 1 heterocycles. The first-order valence-electron chi connectivity index (χ1n) is 10.5. The maximum absolute atomic E-state index is 13.1. The van der Waals surface area contributed by atoms with Crippen LogP contribution in [0, 0.1) is 0 Å². The van der Waals surface area contributed by atoms with Crippen LogP contribution in [0.5, 0.6) is 0 Å². The lowest BCUT2D eigenvalue weighted by molar-refractivity contribution is -0.137. The molecular formula is C24H24Cl2F3N3O2. The number of halogens is 5. The highest BCUT2D eigenvalue weighted by Gasteiger charge is 2.30. The summed E-state index contributed by atoms with van der Waals surface area (Å²) in [6, 6.07) is 13.3. The lowest BCUT2D eigenvalue weighted by atomic mass is 10.1. The number of ether oxygens (including phenoxy) is 1. The number of carbonyl (C=O) groups is 1. The molecule has 0 aliphatic heterocycles. The Morgan fingerprint density at radius 1 is 1.12 bits per heavy atom. The number of aromatic nitrogens is 1. The lowest BCUT2D eigenvalue weighted by Crippen LogP contribution is -2.36. The number of nitrogens with one attached hydrogen (secondary N) is 1. The predicted octanol–water partition coefficient (Wildman–Crippen LogP) is 6.93. The van der Waals surface area contributed by atoms with Crippen LogP contribution in [0.3, 0.4) is 0 Å². The molecule has 0 bridgehead atoms. The zero-order valence-electron chi connectivity index (χ0n) is 18.4. The molecule has 2 amide bonds. The summed E-state index contributed by atoms with van der Waals surface area (Å²) in [6.45, 7) is 1.35. The molecule has 0 saturated heterocycles. The van der Waals surface area contributed by atoms with Crippen molar-refractivity contribution in [3.63, 3.8) is 0 Å². The van der Waals surface area contributed by atoms with Crippen molar-refractivity contribution in [3.8, 4) is 0 Å². The zero-order chi connectivity index (χ0) is 24.7. The normalized spacial score (nSPS) is 11.5. The summed E-state index contributed by atoms with van der Waals surface area (Å²) in [5, 5.41) is 3.55. The molecule has 3 aromatic rings. The van der Waals surface area contributed by atoms with Crippen LogP contribution in [0.25, 0.3) is 0 Å². The largest absolute Gasteiger partial charge is 0.416 e. The number of methoxy groups -OCH3 is 1. The number of hydrogen-bond donors (Lipinski definition) is 1. The second-order valence-corrected chi connectivity index (χ2v) is 8.49. The lowest BCUT2D eigenvalue weighted by Gasteiger charge is -2.24. The first-order chi connectivity index (χ1) is 16.2. The quantitative estimate of drug-likeness (QED) is 0.315. The number of benzene rings is 2. The van der Waals surface area contributed by atoms with Crippen molar-refractivity contribution in [2.75, 3.05) is 25.6 Å². The molecule has 0 aliphatic rings. The van der Waals surface area contributed by atoms with Crippen LogP contribution in [0.1, 0.15) is 23.2 Å². The van der Waals surface area contributed by atoms with E-state index < -0.39 is 11.7 Å². The predicted molar refractivity (Wildman–Crippen MR) is 127 cm³/mol. The van der Waals surface area contributed by atoms with Gasteiger partial charge in [0.1, 0.15) is 0 Å². The molecule has 0 fully saturated rings. The fourth-order valence-electron chi connectivity index (χ4n) is 3.42. The van der Waals surface area contributed by atoms with Crippen LogP contribution in [0.4, 0.5) is 23.7 Å². The van der Waals surface area contributed by atoms with E-state index in [1.54, 1.807) is 42.5 Å². The Hall–Kier alpha value is -2.68. The fraction of sp³-hybridized carbons (Fsp3) is 0.292. The second kappa shape index (κ2) is 11.6. The Labute approximate surface area is 206 Å². The van der Waals surface area contributed by atoms with Gasteiger partial charge in [-0.2, -0.15) is 13.2 Å². The van der Waals surface area contributed by atoms with Crippen molar-refractivity contribution in [2.45, 2.75) is 25.7 Å². The Morgan fingerprint density at radius 3 is 2.62 bits per heavy atom. The number of anilines is 1. The van der Waals surface area contributed by atoms with Gasteiger partial charge in [0, 0.05) is 43.7 Å². The van der Waals surface area contributed by atoms with Gasteiger partial charge in [-0.05, 0) is 54.4 Å². The average molecular weight is 514 g/mol. The van der Waals surface area contributed by atoms with Crippen molar-refractivity contribution in [3.05, 3.63) is 87.7 Å². The molecule has 1 aromatic heterocycles. The minimum atomic E-state index is -4.41. The van der Waals surface area contributed by atoms with E-state index in [1.165, 1.54) is 12.1 Å². The van der Waals surface area contributed by atoms with Crippen LogP contribution >= 0.6 is 23.2 Å². The summed E-state index contributed by atoms with van der Waals surface area (Å²) in [6.07, 6.45) is -2.03. The summed E-state index contributed by atoms with van der Waals surface area (Å²) >= 11 is 12.1. The maximum Gasteiger partial charge on any atom is 0.416 e. The molecule has 0 unspecified atom stereocenters. The molecule has 0 saturated carbocycles. The maximum atomic E-state index is 13.1. The monoisotopic (exact) mass is 513 g/mol. The molecule has 0 spiro atoms. The van der Waals surface area contributed by atoms with E-state index in [2.05, 4.69) is 5.32 Å². The number of alkyl halides is 3. The molecule has 1 N–H and O–H groups in total. The third-order valence-corrected chi connectivity index (χ3v) is 5.67. The van der Waals surface area contributed by atoms with E-state index in [0.29, 0.717) is 40.9 Å². The second-order valence-electron chi connectivity index (χ2n) is 7.65. The molecule has 0 atom stereocenters. The minimum absolute atomic E-state index is 0.239. The van der Waals surface area contributed by atoms with Gasteiger partial charge < -0.3 is 19.5 Å². The van der Waals surface area contributed by atoms with Crippen LogP contribution in [-0.2, 0) is 24.0 Å². The number of rotatable bonds is 9. The number of urea groups is 1. The number of nitrogens with zero attached hydrogens (tertiary/aromatic N) is 2. The fourth-order valence-corrected chi connectivity index (χ4v) is 3.88. The summed E-state index contributed by atoms with van der Waals surface area (Å²) in [7, 11) is 1.58. The van der Waals surface area contributed by atoms with Gasteiger partial charge in [-0.1, -0.05) is 35.3 Å². The Bertz CT molecular complexity index is 1120. The molecule has 3 rings (SSSR count). The third-order valence-electron chi connectivity index (χ3n) is 5.12. The number of amides is 2. The van der Waals surface area contributed by atoms with Gasteiger partial charge in [0.2, 0.25) is 0 Å². The molecule has 0 aliphatic carbocycles. The Kier molecular flexibility index (Phi) is 8.88. The van der Waals surface area contributed by atoms with Crippen LogP contribution < -0.4 is 5.32 Å². The molecular weight excluding hydrogens is 490 g/mol. The van der Waals surface area contributed by atoms with E-state index in [4.69, 9.17) is 27.9 Å². The van der Waals surface area contributed by atoms with E-state index >= 15 is 0 Å². The molecule has 34 heavy (non-hydrogen) atoms. The van der Waals surface area contributed by atoms with Gasteiger partial charge in [0.15, 0.2) is 0 Å². The van der Waals surface area contributed by atoms with Gasteiger partial charge in [0.05, 0.1) is 22.8 Å². The molecule has 0 radical (unpaired) electrons. The Balaban J connectivity index is 1.77. The summed E-state index contributed by atoms with van der Waals surface area (Å²) in [5.74, 6) is 0. The van der Waals surface area contributed by atoms with Crippen LogP contribution in [-0.4, -0.2) is 35.8 Å². The van der Waals surface area contributed by atoms with Crippen molar-refractivity contribution in [2.24, 2.45) is 0 Å². The van der Waals surface area contributed by atoms with Crippen LogP contribution in [0.15, 0.2) is 60.8 Å². The third kappa shape index (κ3) is 7.16. The molecule has 2 aromatic carbocycles. The van der Waals surface area contributed by atoms with Gasteiger partial charge in [-0.15, -0.1) is 0 Å². The van der Waals surface area contributed by atoms with Crippen molar-refractivity contribution < 1.29 is 22.7 Å². The zero-order valence-corrected chi connectivity index (χ0v) is 19.9. The first-order valence-corrected chi connectivity index (χ1v) is 11.2. The summed E-state index contributed by atoms with van der Waals surface area (Å²) in [5.41, 5.74) is 1.01. The summed E-state index contributed by atoms with van der Waals surface area (Å²) in [4.78, 5) is 14.6. The Morgan fingerprint density at radius 2 is 1.91 bits per heavy atom. The van der Waals surface area contributed by atoms with Crippen molar-refractivity contribution >= 4 is 34.9 Å². The topological polar surface area (TPSA) is 46.5 Å². The molecule has 10 heteroatoms. The van der Waals surface area contributed by atoms with Crippen molar-refractivity contribution in [1.29, 1.82) is 0 Å². The molecule has 5 nitrogen and oxygen atoms in total. The number of hydrogen-bond acceptors (Lipinski definition) is 2.